The third kappa shape index (κ3) is 13.7. The molecule has 15 nitrogen and oxygen atoms in total. The quantitative estimate of drug-likeness (QED) is 0.0479. The van der Waals surface area contributed by atoms with Gasteiger partial charge >= 0.3 is 0 Å². The Hall–Kier alpha value is -14.0. The van der Waals surface area contributed by atoms with Crippen molar-refractivity contribution < 1.29 is 9.47 Å². The molecule has 22 rings (SSSR count). The average Bonchev–Trinajstić information content (AvgIpc) is 1.61. The van der Waals surface area contributed by atoms with Crippen LogP contribution in [0.15, 0.2) is 307 Å². The number of nitrogens with zero attached hydrogens (tertiary/aromatic N) is 4. The van der Waals surface area contributed by atoms with Gasteiger partial charge in [0.2, 0.25) is 0 Å². The van der Waals surface area contributed by atoms with E-state index in [0.717, 1.165) is 186 Å². The predicted octanol–water partition coefficient (Wildman–Crippen LogP) is 25.3. The van der Waals surface area contributed by atoms with Crippen molar-refractivity contribution in [1.82, 2.24) is 59.8 Å². The fourth-order valence-electron chi connectivity index (χ4n) is 16.0. The highest BCUT2D eigenvalue weighted by atomic mass is 79.9. The highest BCUT2D eigenvalue weighted by Crippen LogP contribution is 2.46. The minimum Gasteiger partial charge on any atom is -0.493 e. The molecule has 0 spiro atoms. The summed E-state index contributed by atoms with van der Waals surface area (Å²) >= 11 is 7.07. The lowest BCUT2D eigenvalue weighted by atomic mass is 9.97. The van der Waals surface area contributed by atoms with E-state index in [9.17, 15) is 0 Å². The number of benzene rings is 10. The lowest BCUT2D eigenvalue weighted by Gasteiger charge is -2.09. The van der Waals surface area contributed by atoms with Gasteiger partial charge in [0.25, 0.3) is 0 Å². The number of rotatable bonds is 14. The first-order chi connectivity index (χ1) is 57.1. The Kier molecular flexibility index (Phi) is 19.4. The Bertz CT molecular complexity index is 6910. The molecular weight excluding hydrogens is 1540 g/mol. The van der Waals surface area contributed by atoms with Gasteiger partial charge in [0.05, 0.1) is 63.8 Å². The molecular formula is C98H76BrN13O2S2. The third-order valence-electron chi connectivity index (χ3n) is 21.5. The SMILES string of the molecule is Brc1ccc2[nH]cc(-c3nc(C4=CCc5ccccc54)c(C4=CCc5ccccc54)[nH]3)c2c1.COc1ccc(-c2nc(-c3c(C)[nH]c4ccccc34)[nH]c2-c2ccccc2)cc1OC.Cc1[nH]c2ccccc2c1-c1nc(-c2ccccc2)c(-c2ccc(N)cc2)[nH]1.c1csc(-c2nc(-c3c[nH]c4ccccc34)[nH]c2-c2cccs2)c1. The summed E-state index contributed by atoms with van der Waals surface area (Å²) in [6.07, 6.45) is 10.6. The smallest absolute Gasteiger partial charge is 0.161 e. The van der Waals surface area contributed by atoms with Crippen molar-refractivity contribution in [3.05, 3.63) is 352 Å². The minimum atomic E-state index is 0.673. The number of methoxy groups -OCH3 is 2. The number of nitrogen functional groups attached to an aromatic ring is 1. The number of para-hydroxylation sites is 3. The average molecular weight is 1610 g/mol. The van der Waals surface area contributed by atoms with Crippen LogP contribution in [0.5, 0.6) is 11.5 Å². The monoisotopic (exact) mass is 1610 g/mol. The fraction of sp³-hybridized carbons (Fsp3) is 0.0612. The van der Waals surface area contributed by atoms with Crippen LogP contribution in [0.1, 0.15) is 45.0 Å². The van der Waals surface area contributed by atoms with Gasteiger partial charge in [0.15, 0.2) is 11.5 Å². The van der Waals surface area contributed by atoms with Crippen LogP contribution in [0.4, 0.5) is 5.69 Å². The van der Waals surface area contributed by atoms with Crippen LogP contribution < -0.4 is 15.2 Å². The zero-order valence-electron chi connectivity index (χ0n) is 63.7. The topological polar surface area (TPSA) is 222 Å². The van der Waals surface area contributed by atoms with Crippen molar-refractivity contribution in [2.75, 3.05) is 20.0 Å². The fourth-order valence-corrected chi connectivity index (χ4v) is 17.8. The van der Waals surface area contributed by atoms with E-state index >= 15 is 0 Å². The molecule has 0 aliphatic heterocycles. The maximum absolute atomic E-state index is 5.89. The van der Waals surface area contributed by atoms with E-state index in [2.05, 4.69) is 269 Å². The molecule has 116 heavy (non-hydrogen) atoms. The zero-order chi connectivity index (χ0) is 78.3. The molecule has 18 heteroatoms. The molecule has 0 atom stereocenters. The van der Waals surface area contributed by atoms with Crippen LogP contribution in [-0.2, 0) is 12.8 Å². The molecule has 10 aromatic heterocycles. The number of aromatic amines is 8. The van der Waals surface area contributed by atoms with Crippen LogP contribution in [0.25, 0.3) is 166 Å². The number of imidazole rings is 4. The third-order valence-corrected chi connectivity index (χ3v) is 23.8. The van der Waals surface area contributed by atoms with Gasteiger partial charge in [-0.1, -0.05) is 216 Å². The number of fused-ring (bicyclic) bond motifs is 6. The number of anilines is 1. The number of aryl methyl sites for hydroxylation is 2. The number of nitrogens with two attached hydrogens (primary N) is 1. The second-order valence-electron chi connectivity index (χ2n) is 28.6. The van der Waals surface area contributed by atoms with Crippen molar-refractivity contribution in [2.45, 2.75) is 26.7 Å². The largest absolute Gasteiger partial charge is 0.493 e. The molecule has 0 bridgehead atoms. The van der Waals surface area contributed by atoms with E-state index in [0.29, 0.717) is 11.5 Å². The number of aromatic nitrogens is 12. The molecule has 20 aromatic rings. The second kappa shape index (κ2) is 31.1. The molecule has 0 saturated carbocycles. The van der Waals surface area contributed by atoms with Gasteiger partial charge in [-0.3, -0.25) is 0 Å². The molecule has 0 amide bonds. The minimum absolute atomic E-state index is 0.673. The number of H-pyrrole nitrogens is 8. The van der Waals surface area contributed by atoms with Gasteiger partial charge in [-0.05, 0) is 139 Å². The van der Waals surface area contributed by atoms with E-state index in [-0.39, 0.29) is 0 Å². The Morgan fingerprint density at radius 1 is 0.353 bits per heavy atom. The van der Waals surface area contributed by atoms with E-state index < -0.39 is 0 Å². The van der Waals surface area contributed by atoms with Crippen molar-refractivity contribution in [1.29, 1.82) is 0 Å². The summed E-state index contributed by atoms with van der Waals surface area (Å²) in [7, 11) is 3.28. The molecule has 2 aliphatic carbocycles. The van der Waals surface area contributed by atoms with Crippen molar-refractivity contribution >= 4 is 99.0 Å². The van der Waals surface area contributed by atoms with E-state index in [1.165, 1.54) is 48.5 Å². The first-order valence-electron chi connectivity index (χ1n) is 38.3. The molecule has 0 unspecified atom stereocenters. The zero-order valence-corrected chi connectivity index (χ0v) is 66.9. The highest BCUT2D eigenvalue weighted by Gasteiger charge is 2.29. The molecule has 10 heterocycles. The van der Waals surface area contributed by atoms with Crippen molar-refractivity contribution in [2.24, 2.45) is 0 Å². The van der Waals surface area contributed by atoms with E-state index in [4.69, 9.17) is 35.1 Å². The van der Waals surface area contributed by atoms with E-state index in [1.54, 1.807) is 36.9 Å². The molecule has 0 saturated heterocycles. The number of hydrogen-bond acceptors (Lipinski definition) is 9. The van der Waals surface area contributed by atoms with Gasteiger partial charge in [0.1, 0.15) is 29.0 Å². The first-order valence-corrected chi connectivity index (χ1v) is 40.8. The number of nitrogens with one attached hydrogen (secondary N) is 8. The van der Waals surface area contributed by atoms with Gasteiger partial charge < -0.3 is 55.1 Å². The molecule has 0 fully saturated rings. The van der Waals surface area contributed by atoms with Crippen LogP contribution >= 0.6 is 38.6 Å². The van der Waals surface area contributed by atoms with Crippen LogP contribution in [0, 0.1) is 13.8 Å². The van der Waals surface area contributed by atoms with Crippen LogP contribution in [0.3, 0.4) is 0 Å². The summed E-state index contributed by atoms with van der Waals surface area (Å²) in [5.41, 5.74) is 37.5. The maximum atomic E-state index is 5.89. The molecule has 0 radical (unpaired) electrons. The standard InChI is InChI=1S/C29H20BrN3.C26H23N3O2.C24H20N4.C19H13N3S2/c30-19-11-14-26-24(15-19)25(16-31-26)29-32-27(22-12-9-17-5-1-3-7-20(17)22)28(33-29)23-13-10-18-6-2-4-8-21(18)23;1-16-23(19-11-7-8-12-20(19)27-16)26-28-24(17-9-5-4-6-10-17)25(29-26)18-13-14-21(30-2)22(15-18)31-3;1-15-21(19-9-5-6-10-20(19)26-15)24-27-22(16-7-3-2-4-8-16)23(28-24)17-11-13-18(25)14-12-17;1-2-6-14-12(5-1)13(11-20-14)19-21-17(15-7-3-9-23-15)18(22-19)16-8-4-10-24-16/h1-8,11-16,31H,9-10H2,(H,32,33);4-15,27H,1-3H3,(H,28,29);2-14,26H,25H2,1H3,(H,27,28);1-11,20H,(H,21,22). The first kappa shape index (κ1) is 72.2. The highest BCUT2D eigenvalue weighted by molar-refractivity contribution is 9.10. The normalized spacial score (nSPS) is 12.1. The van der Waals surface area contributed by atoms with Gasteiger partial charge in [-0.2, -0.15) is 0 Å². The summed E-state index contributed by atoms with van der Waals surface area (Å²) < 4.78 is 12.0. The number of ether oxygens (including phenoxy) is 2. The summed E-state index contributed by atoms with van der Waals surface area (Å²) in [6, 6.07) is 91.3. The number of hydrogen-bond donors (Lipinski definition) is 9. The lowest BCUT2D eigenvalue weighted by Crippen LogP contribution is -1.94. The summed E-state index contributed by atoms with van der Waals surface area (Å²) in [5, 5.41) is 8.83. The van der Waals surface area contributed by atoms with Gasteiger partial charge in [0, 0.05) is 133 Å². The second-order valence-corrected chi connectivity index (χ2v) is 31.4. The Labute approximate surface area is 685 Å². The van der Waals surface area contributed by atoms with Crippen molar-refractivity contribution in [3.8, 4) is 123 Å². The Balaban J connectivity index is 0.000000104. The molecule has 2 aliphatic rings. The van der Waals surface area contributed by atoms with Gasteiger partial charge in [-0.15, -0.1) is 22.7 Å². The maximum Gasteiger partial charge on any atom is 0.161 e. The number of allylic oxidation sites excluding steroid dienone is 2. The Morgan fingerprint density at radius 2 is 0.828 bits per heavy atom. The predicted molar refractivity (Wildman–Crippen MR) is 481 cm³/mol. The van der Waals surface area contributed by atoms with E-state index in [1.807, 2.05) is 103 Å². The van der Waals surface area contributed by atoms with Crippen LogP contribution in [-0.4, -0.2) is 74.0 Å². The molecule has 10 aromatic carbocycles. The van der Waals surface area contributed by atoms with Crippen LogP contribution in [0.2, 0.25) is 0 Å². The summed E-state index contributed by atoms with van der Waals surface area (Å²) in [6.45, 7) is 4.17. The Morgan fingerprint density at radius 3 is 1.44 bits per heavy atom. The molecule has 10 N–H and O–H groups in total. The molecule has 564 valence electrons. The number of thiophene rings is 2. The summed E-state index contributed by atoms with van der Waals surface area (Å²) in [4.78, 5) is 50.8. The summed E-state index contributed by atoms with van der Waals surface area (Å²) in [5.74, 6) is 4.85. The van der Waals surface area contributed by atoms with Gasteiger partial charge in [-0.25, -0.2) is 19.9 Å². The van der Waals surface area contributed by atoms with Crippen molar-refractivity contribution in [3.63, 3.8) is 0 Å². The lowest BCUT2D eigenvalue weighted by molar-refractivity contribution is 0.355. The number of halogens is 1.